The fraction of sp³-hybridized carbons (Fsp3) is 0.286. The third kappa shape index (κ3) is 2.40. The Bertz CT molecular complexity index is 943. The van der Waals surface area contributed by atoms with E-state index < -0.39 is 26.2 Å². The number of nitrogens with zero attached hydrogens (tertiary/aromatic N) is 1. The molecule has 0 amide bonds. The first-order chi connectivity index (χ1) is 10.4. The van der Waals surface area contributed by atoms with E-state index in [1.807, 2.05) is 29.2 Å². The number of hydrogen-bond donors (Lipinski definition) is 2. The van der Waals surface area contributed by atoms with Gasteiger partial charge in [0.15, 0.2) is 4.90 Å². The lowest BCUT2D eigenvalue weighted by Gasteiger charge is -2.28. The van der Waals surface area contributed by atoms with Crippen LogP contribution in [0.25, 0.3) is 0 Å². The van der Waals surface area contributed by atoms with Crippen molar-refractivity contribution in [1.29, 1.82) is 0 Å². The molecule has 22 heavy (non-hydrogen) atoms. The molecular formula is C14H15N3O4S. The van der Waals surface area contributed by atoms with E-state index >= 15 is 0 Å². The topological polar surface area (TPSA) is 103 Å². The van der Waals surface area contributed by atoms with Crippen LogP contribution >= 0.6 is 0 Å². The van der Waals surface area contributed by atoms with Gasteiger partial charge in [-0.1, -0.05) is 24.3 Å². The molecule has 0 atom stereocenters. The van der Waals surface area contributed by atoms with E-state index in [-0.39, 0.29) is 12.2 Å². The Kier molecular flexibility index (Phi) is 3.50. The number of nitrogens with one attached hydrogen (secondary N) is 2. The van der Waals surface area contributed by atoms with Gasteiger partial charge >= 0.3 is 5.69 Å². The fourth-order valence-electron chi connectivity index (χ4n) is 2.70. The fourth-order valence-corrected chi connectivity index (χ4v) is 4.33. The first-order valence-corrected chi connectivity index (χ1v) is 8.24. The summed E-state index contributed by atoms with van der Waals surface area (Å²) in [4.78, 5) is 27.0. The third-order valence-electron chi connectivity index (χ3n) is 3.77. The van der Waals surface area contributed by atoms with E-state index in [1.165, 1.54) is 11.2 Å². The summed E-state index contributed by atoms with van der Waals surface area (Å²) < 4.78 is 26.7. The lowest BCUT2D eigenvalue weighted by atomic mass is 10.0. The minimum Gasteiger partial charge on any atom is -0.310 e. The number of hydrogen-bond acceptors (Lipinski definition) is 4. The number of sulfonamides is 1. The molecule has 1 aliphatic heterocycles. The smallest absolute Gasteiger partial charge is 0.310 e. The van der Waals surface area contributed by atoms with Crippen molar-refractivity contribution in [1.82, 2.24) is 14.3 Å². The second-order valence-electron chi connectivity index (χ2n) is 5.22. The molecule has 0 saturated heterocycles. The van der Waals surface area contributed by atoms with Gasteiger partial charge in [0.25, 0.3) is 15.6 Å². The molecule has 0 spiro atoms. The summed E-state index contributed by atoms with van der Waals surface area (Å²) in [6.45, 7) is 1.93. The van der Waals surface area contributed by atoms with Gasteiger partial charge in [-0.25, -0.2) is 13.2 Å². The van der Waals surface area contributed by atoms with Crippen LogP contribution in [0.2, 0.25) is 0 Å². The van der Waals surface area contributed by atoms with Crippen LogP contribution in [0.5, 0.6) is 0 Å². The highest BCUT2D eigenvalue weighted by molar-refractivity contribution is 7.89. The van der Waals surface area contributed by atoms with Gasteiger partial charge in [-0.3, -0.25) is 9.78 Å². The van der Waals surface area contributed by atoms with Crippen molar-refractivity contribution in [3.05, 3.63) is 61.9 Å². The predicted molar refractivity (Wildman–Crippen MR) is 80.2 cm³/mol. The van der Waals surface area contributed by atoms with Crippen LogP contribution in [-0.2, 0) is 23.0 Å². The van der Waals surface area contributed by atoms with Crippen molar-refractivity contribution in [2.45, 2.75) is 24.8 Å². The molecule has 0 radical (unpaired) electrons. The Morgan fingerprint density at radius 2 is 1.77 bits per heavy atom. The van der Waals surface area contributed by atoms with E-state index in [1.54, 1.807) is 0 Å². The van der Waals surface area contributed by atoms with Crippen molar-refractivity contribution in [3.8, 4) is 0 Å². The van der Waals surface area contributed by atoms with Gasteiger partial charge in [0.1, 0.15) is 0 Å². The zero-order chi connectivity index (χ0) is 15.9. The summed E-state index contributed by atoms with van der Waals surface area (Å²) in [6.07, 6.45) is 0.593. The summed E-state index contributed by atoms with van der Waals surface area (Å²) in [6, 6.07) is 7.62. The molecule has 116 valence electrons. The Morgan fingerprint density at radius 1 is 1.09 bits per heavy atom. The minimum atomic E-state index is -3.96. The highest BCUT2D eigenvalue weighted by Gasteiger charge is 2.32. The first-order valence-electron chi connectivity index (χ1n) is 6.80. The van der Waals surface area contributed by atoms with Crippen LogP contribution in [0.1, 0.15) is 16.8 Å². The number of aryl methyl sites for hydroxylation is 1. The van der Waals surface area contributed by atoms with Gasteiger partial charge in [0.05, 0.1) is 0 Å². The SMILES string of the molecule is Cc1[nH]c(=O)[nH]c(=O)c1S(=O)(=O)N1CCc2ccccc2C1. The highest BCUT2D eigenvalue weighted by Crippen LogP contribution is 2.23. The molecule has 2 N–H and O–H groups in total. The van der Waals surface area contributed by atoms with Crippen LogP contribution in [0.4, 0.5) is 0 Å². The molecule has 1 aromatic heterocycles. The normalized spacial score (nSPS) is 15.5. The van der Waals surface area contributed by atoms with Crippen LogP contribution in [-0.4, -0.2) is 29.2 Å². The van der Waals surface area contributed by atoms with E-state index in [2.05, 4.69) is 4.98 Å². The lowest BCUT2D eigenvalue weighted by Crippen LogP contribution is -2.40. The molecule has 0 aliphatic carbocycles. The summed E-state index contributed by atoms with van der Waals surface area (Å²) >= 11 is 0. The predicted octanol–water partition coefficient (Wildman–Crippen LogP) is 0.119. The molecule has 0 unspecified atom stereocenters. The zero-order valence-corrected chi connectivity index (χ0v) is 12.7. The molecule has 8 heteroatoms. The van der Waals surface area contributed by atoms with Crippen molar-refractivity contribution >= 4 is 10.0 Å². The van der Waals surface area contributed by atoms with Gasteiger partial charge < -0.3 is 4.98 Å². The van der Waals surface area contributed by atoms with Crippen LogP contribution < -0.4 is 11.2 Å². The number of H-pyrrole nitrogens is 2. The second-order valence-corrected chi connectivity index (χ2v) is 7.09. The second kappa shape index (κ2) is 5.22. The largest absolute Gasteiger partial charge is 0.325 e. The van der Waals surface area contributed by atoms with Gasteiger partial charge in [-0.2, -0.15) is 4.31 Å². The van der Waals surface area contributed by atoms with Crippen LogP contribution in [0.3, 0.4) is 0 Å². The molecule has 0 fully saturated rings. The molecule has 1 aromatic carbocycles. The minimum absolute atomic E-state index is 0.0487. The molecule has 0 saturated carbocycles. The van der Waals surface area contributed by atoms with Crippen LogP contribution in [0, 0.1) is 6.92 Å². The number of benzene rings is 1. The quantitative estimate of drug-likeness (QED) is 0.820. The number of rotatable bonds is 2. The average molecular weight is 321 g/mol. The highest BCUT2D eigenvalue weighted by atomic mass is 32.2. The number of fused-ring (bicyclic) bond motifs is 1. The van der Waals surface area contributed by atoms with Crippen LogP contribution in [0.15, 0.2) is 38.8 Å². The van der Waals surface area contributed by atoms with Crippen molar-refractivity contribution in [2.75, 3.05) is 6.54 Å². The summed E-state index contributed by atoms with van der Waals surface area (Å²) in [7, 11) is -3.96. The Labute approximate surface area is 126 Å². The van der Waals surface area contributed by atoms with Gasteiger partial charge in [0.2, 0.25) is 0 Å². The lowest BCUT2D eigenvalue weighted by molar-refractivity contribution is 0.390. The maximum atomic E-state index is 12.7. The van der Waals surface area contributed by atoms with Crippen molar-refractivity contribution in [2.24, 2.45) is 0 Å². The Morgan fingerprint density at radius 3 is 2.45 bits per heavy atom. The van der Waals surface area contributed by atoms with Crippen molar-refractivity contribution in [3.63, 3.8) is 0 Å². The summed E-state index contributed by atoms with van der Waals surface area (Å²) in [5, 5.41) is 0. The summed E-state index contributed by atoms with van der Waals surface area (Å²) in [5.74, 6) is 0. The number of aromatic amines is 2. The zero-order valence-electron chi connectivity index (χ0n) is 11.9. The monoisotopic (exact) mass is 321 g/mol. The molecule has 3 rings (SSSR count). The van der Waals surface area contributed by atoms with E-state index in [0.29, 0.717) is 13.0 Å². The summed E-state index contributed by atoms with van der Waals surface area (Å²) in [5.41, 5.74) is 0.482. The maximum absolute atomic E-state index is 12.7. The molecule has 0 bridgehead atoms. The van der Waals surface area contributed by atoms with Gasteiger partial charge in [0, 0.05) is 18.8 Å². The molecular weight excluding hydrogens is 306 g/mol. The third-order valence-corrected chi connectivity index (χ3v) is 5.77. The molecule has 7 nitrogen and oxygen atoms in total. The molecule has 2 aromatic rings. The van der Waals surface area contributed by atoms with Crippen molar-refractivity contribution < 1.29 is 8.42 Å². The standard InChI is InChI=1S/C14H15N3O4S/c1-9-12(13(18)16-14(19)15-9)22(20,21)17-7-6-10-4-2-3-5-11(10)8-17/h2-5H,6-8H2,1H3,(H2,15,16,18,19). The van der Waals surface area contributed by atoms with E-state index in [0.717, 1.165) is 11.1 Å². The van der Waals surface area contributed by atoms with E-state index in [9.17, 15) is 18.0 Å². The number of aromatic nitrogens is 2. The maximum Gasteiger partial charge on any atom is 0.325 e. The average Bonchev–Trinajstić information content (AvgIpc) is 2.45. The van der Waals surface area contributed by atoms with Gasteiger partial charge in [-0.15, -0.1) is 0 Å². The molecule has 2 heterocycles. The first kappa shape index (κ1) is 14.7. The molecule has 1 aliphatic rings. The Hall–Kier alpha value is -2.19. The van der Waals surface area contributed by atoms with E-state index in [4.69, 9.17) is 0 Å². The Balaban J connectivity index is 2.06. The van der Waals surface area contributed by atoms with Gasteiger partial charge in [-0.05, 0) is 24.5 Å².